The van der Waals surface area contributed by atoms with E-state index in [1.165, 1.54) is 32.1 Å². The van der Waals surface area contributed by atoms with Gasteiger partial charge in [-0.3, -0.25) is 4.79 Å². The second-order valence-corrected chi connectivity index (χ2v) is 5.96. The van der Waals surface area contributed by atoms with Gasteiger partial charge in [-0.2, -0.15) is 0 Å². The molecule has 0 aromatic heterocycles. The van der Waals surface area contributed by atoms with Crippen LogP contribution in [0, 0.1) is 17.3 Å². The van der Waals surface area contributed by atoms with Gasteiger partial charge in [0.05, 0.1) is 0 Å². The zero-order valence-corrected chi connectivity index (χ0v) is 11.0. The van der Waals surface area contributed by atoms with Crippen LogP contribution in [0.3, 0.4) is 0 Å². The van der Waals surface area contributed by atoms with Gasteiger partial charge in [0.25, 0.3) is 0 Å². The second kappa shape index (κ2) is 5.38. The van der Waals surface area contributed by atoms with Crippen LogP contribution in [0.5, 0.6) is 0 Å². The molecule has 2 rings (SSSR count). The van der Waals surface area contributed by atoms with E-state index in [0.29, 0.717) is 17.9 Å². The third-order valence-electron chi connectivity index (χ3n) is 4.89. The number of nitrogens with two attached hydrogens (primary N) is 1. The molecule has 2 aliphatic rings. The lowest BCUT2D eigenvalue weighted by Gasteiger charge is -2.30. The Balaban J connectivity index is 1.81. The molecule has 0 heterocycles. The summed E-state index contributed by atoms with van der Waals surface area (Å²) in [6.07, 6.45) is 8.36. The van der Waals surface area contributed by atoms with Crippen molar-refractivity contribution in [2.75, 3.05) is 13.1 Å². The number of amides is 1. The average Bonchev–Trinajstić information content (AvgIpc) is 3.16. The molecule has 17 heavy (non-hydrogen) atoms. The minimum Gasteiger partial charge on any atom is -0.355 e. The van der Waals surface area contributed by atoms with Crippen LogP contribution in [-0.4, -0.2) is 19.0 Å². The zero-order valence-electron chi connectivity index (χ0n) is 11.0. The molecule has 2 unspecified atom stereocenters. The molecular weight excluding hydrogens is 212 g/mol. The van der Waals surface area contributed by atoms with Gasteiger partial charge in [0, 0.05) is 12.5 Å². The highest BCUT2D eigenvalue weighted by molar-refractivity contribution is 5.79. The molecule has 0 saturated heterocycles. The van der Waals surface area contributed by atoms with Gasteiger partial charge < -0.3 is 11.1 Å². The first-order valence-electron chi connectivity index (χ1n) is 7.18. The Labute approximate surface area is 105 Å². The Morgan fingerprint density at radius 2 is 2.06 bits per heavy atom. The fourth-order valence-electron chi connectivity index (χ4n) is 3.07. The number of nitrogens with one attached hydrogen (secondary N) is 1. The van der Waals surface area contributed by atoms with E-state index in [1.807, 2.05) is 0 Å². The normalized spacial score (nSPS) is 30.9. The van der Waals surface area contributed by atoms with Crippen LogP contribution >= 0.6 is 0 Å². The molecule has 0 aliphatic heterocycles. The molecule has 0 bridgehead atoms. The summed E-state index contributed by atoms with van der Waals surface area (Å²) >= 11 is 0. The van der Waals surface area contributed by atoms with E-state index in [0.717, 1.165) is 19.4 Å². The molecule has 3 nitrogen and oxygen atoms in total. The predicted octanol–water partition coefficient (Wildman–Crippen LogP) is 2.06. The van der Waals surface area contributed by atoms with E-state index in [2.05, 4.69) is 12.2 Å². The van der Waals surface area contributed by atoms with Crippen molar-refractivity contribution in [3.8, 4) is 0 Å². The summed E-state index contributed by atoms with van der Waals surface area (Å²) in [5, 5.41) is 3.18. The van der Waals surface area contributed by atoms with Gasteiger partial charge in [-0.25, -0.2) is 0 Å². The molecule has 2 atom stereocenters. The Morgan fingerprint density at radius 3 is 2.65 bits per heavy atom. The first kappa shape index (κ1) is 12.9. The van der Waals surface area contributed by atoms with Crippen LogP contribution < -0.4 is 11.1 Å². The van der Waals surface area contributed by atoms with Crippen molar-refractivity contribution in [1.29, 1.82) is 0 Å². The monoisotopic (exact) mass is 238 g/mol. The Kier molecular flexibility index (Phi) is 4.08. The van der Waals surface area contributed by atoms with Crippen LogP contribution in [0.1, 0.15) is 51.9 Å². The van der Waals surface area contributed by atoms with Crippen molar-refractivity contribution < 1.29 is 4.79 Å². The number of hydrogen-bond donors (Lipinski definition) is 2. The van der Waals surface area contributed by atoms with Crippen molar-refractivity contribution in [3.05, 3.63) is 0 Å². The molecule has 0 spiro atoms. The van der Waals surface area contributed by atoms with Gasteiger partial charge in [-0.05, 0) is 50.0 Å². The van der Waals surface area contributed by atoms with E-state index in [9.17, 15) is 4.79 Å². The molecule has 0 aromatic rings. The lowest BCUT2D eigenvalue weighted by molar-refractivity contribution is -0.127. The maximum atomic E-state index is 12.2. The molecule has 3 heteroatoms. The number of rotatable bonds is 5. The van der Waals surface area contributed by atoms with Crippen molar-refractivity contribution in [3.63, 3.8) is 0 Å². The van der Waals surface area contributed by atoms with E-state index in [4.69, 9.17) is 5.73 Å². The summed E-state index contributed by atoms with van der Waals surface area (Å²) in [4.78, 5) is 12.2. The van der Waals surface area contributed by atoms with E-state index in [1.54, 1.807) is 0 Å². The smallest absolute Gasteiger partial charge is 0.223 e. The van der Waals surface area contributed by atoms with Crippen molar-refractivity contribution in [1.82, 2.24) is 5.32 Å². The lowest BCUT2D eigenvalue weighted by Crippen LogP contribution is -2.41. The Hall–Kier alpha value is -0.570. The molecule has 0 aromatic carbocycles. The first-order chi connectivity index (χ1) is 8.21. The summed E-state index contributed by atoms with van der Waals surface area (Å²) in [6.45, 7) is 3.77. The maximum absolute atomic E-state index is 12.2. The van der Waals surface area contributed by atoms with E-state index in [-0.39, 0.29) is 11.8 Å². The molecule has 3 N–H and O–H groups in total. The SMILES string of the molecule is CCC1(CNC(=O)C2CCCCC2CN)CC1. The van der Waals surface area contributed by atoms with Crippen LogP contribution in [0.15, 0.2) is 0 Å². The van der Waals surface area contributed by atoms with E-state index < -0.39 is 0 Å². The first-order valence-corrected chi connectivity index (χ1v) is 7.18. The van der Waals surface area contributed by atoms with Crippen molar-refractivity contribution in [2.24, 2.45) is 23.0 Å². The summed E-state index contributed by atoms with van der Waals surface area (Å²) in [6, 6.07) is 0. The number of carbonyl (C=O) groups excluding carboxylic acids is 1. The third kappa shape index (κ3) is 3.01. The molecule has 98 valence electrons. The minimum atomic E-state index is 0.182. The Bertz CT molecular complexity index is 273. The van der Waals surface area contributed by atoms with Gasteiger partial charge in [0.15, 0.2) is 0 Å². The average molecular weight is 238 g/mol. The Morgan fingerprint density at radius 1 is 1.35 bits per heavy atom. The van der Waals surface area contributed by atoms with Crippen molar-refractivity contribution in [2.45, 2.75) is 51.9 Å². The highest BCUT2D eigenvalue weighted by Gasteiger charge is 2.41. The predicted molar refractivity (Wildman–Crippen MR) is 69.5 cm³/mol. The summed E-state index contributed by atoms with van der Waals surface area (Å²) in [5.41, 5.74) is 6.22. The summed E-state index contributed by atoms with van der Waals surface area (Å²) < 4.78 is 0. The third-order valence-corrected chi connectivity index (χ3v) is 4.89. The van der Waals surface area contributed by atoms with Gasteiger partial charge >= 0.3 is 0 Å². The number of hydrogen-bond acceptors (Lipinski definition) is 2. The van der Waals surface area contributed by atoms with Gasteiger partial charge in [0.2, 0.25) is 5.91 Å². The zero-order chi connectivity index (χ0) is 12.3. The lowest BCUT2D eigenvalue weighted by atomic mass is 9.78. The fraction of sp³-hybridized carbons (Fsp3) is 0.929. The van der Waals surface area contributed by atoms with E-state index >= 15 is 0 Å². The largest absolute Gasteiger partial charge is 0.355 e. The van der Waals surface area contributed by atoms with Gasteiger partial charge in [-0.15, -0.1) is 0 Å². The molecule has 2 fully saturated rings. The quantitative estimate of drug-likeness (QED) is 0.770. The molecule has 0 radical (unpaired) electrons. The van der Waals surface area contributed by atoms with Crippen molar-refractivity contribution >= 4 is 5.91 Å². The topological polar surface area (TPSA) is 55.1 Å². The molecular formula is C14H26N2O. The second-order valence-electron chi connectivity index (χ2n) is 5.96. The van der Waals surface area contributed by atoms with Crippen LogP contribution in [0.25, 0.3) is 0 Å². The number of carbonyl (C=O) groups is 1. The fourth-order valence-corrected chi connectivity index (χ4v) is 3.07. The highest BCUT2D eigenvalue weighted by Crippen LogP contribution is 2.48. The van der Waals surface area contributed by atoms with Crippen LogP contribution in [0.4, 0.5) is 0 Å². The molecule has 1 amide bonds. The standard InChI is InChI=1S/C14H26N2O/c1-2-14(7-8-14)10-16-13(17)12-6-4-3-5-11(12)9-15/h11-12H,2-10,15H2,1H3,(H,16,17). The highest BCUT2D eigenvalue weighted by atomic mass is 16.1. The van der Waals surface area contributed by atoms with Gasteiger partial charge in [0.1, 0.15) is 0 Å². The molecule has 2 aliphatic carbocycles. The van der Waals surface area contributed by atoms with Crippen LogP contribution in [0.2, 0.25) is 0 Å². The van der Waals surface area contributed by atoms with Crippen LogP contribution in [-0.2, 0) is 4.79 Å². The maximum Gasteiger partial charge on any atom is 0.223 e. The van der Waals surface area contributed by atoms with Gasteiger partial charge in [-0.1, -0.05) is 19.8 Å². The minimum absolute atomic E-state index is 0.182. The summed E-state index contributed by atoms with van der Waals surface area (Å²) in [5.74, 6) is 0.863. The molecule has 2 saturated carbocycles. The summed E-state index contributed by atoms with van der Waals surface area (Å²) in [7, 11) is 0.